The lowest BCUT2D eigenvalue weighted by Gasteiger charge is -2.09. The van der Waals surface area contributed by atoms with Gasteiger partial charge in [-0.3, -0.25) is 10.1 Å². The zero-order valence-corrected chi connectivity index (χ0v) is 16.2. The second-order valence-corrected chi connectivity index (χ2v) is 7.93. The third kappa shape index (κ3) is 5.25. The Kier molecular flexibility index (Phi) is 6.06. The van der Waals surface area contributed by atoms with Crippen molar-refractivity contribution in [3.63, 3.8) is 0 Å². The van der Waals surface area contributed by atoms with E-state index in [-0.39, 0.29) is 23.2 Å². The highest BCUT2D eigenvalue weighted by atomic mass is 35.5. The molecule has 1 aromatic heterocycles. The maximum atomic E-state index is 13.2. The summed E-state index contributed by atoms with van der Waals surface area (Å²) in [7, 11) is -4.17. The lowest BCUT2D eigenvalue weighted by molar-refractivity contribution is -0.387. The van der Waals surface area contributed by atoms with Crippen molar-refractivity contribution in [2.45, 2.75) is 11.4 Å². The lowest BCUT2D eigenvalue weighted by Crippen LogP contribution is -2.24. The number of benzene rings is 2. The van der Waals surface area contributed by atoms with Crippen molar-refractivity contribution in [3.8, 4) is 11.6 Å². The van der Waals surface area contributed by atoms with Crippen molar-refractivity contribution in [1.29, 1.82) is 0 Å². The van der Waals surface area contributed by atoms with Crippen molar-refractivity contribution in [1.82, 2.24) is 9.71 Å². The van der Waals surface area contributed by atoms with Crippen molar-refractivity contribution in [3.05, 3.63) is 87.3 Å². The number of hydrogen-bond donors (Lipinski definition) is 1. The Morgan fingerprint density at radius 3 is 2.62 bits per heavy atom. The summed E-state index contributed by atoms with van der Waals surface area (Å²) in [4.78, 5) is 13.8. The minimum absolute atomic E-state index is 0.0498. The summed E-state index contributed by atoms with van der Waals surface area (Å²) in [6.45, 7) is -0.157. The molecular weight excluding hydrogens is 425 g/mol. The first-order valence-electron chi connectivity index (χ1n) is 8.06. The van der Waals surface area contributed by atoms with Gasteiger partial charge in [0.15, 0.2) is 4.90 Å². The SMILES string of the molecule is O=[N+]([O-])c1cc(Cl)ccc1S(=O)(=O)NCc1ccc(Oc2cccc(F)c2)nc1. The highest BCUT2D eigenvalue weighted by molar-refractivity contribution is 7.89. The smallest absolute Gasteiger partial charge is 0.290 e. The standard InChI is InChI=1S/C18H13ClFN3O5S/c19-13-5-6-17(16(8-13)23(24)25)29(26,27)22-11-12-4-7-18(21-10-12)28-15-3-1-2-14(20)9-15/h1-10,22H,11H2. The summed E-state index contributed by atoms with van der Waals surface area (Å²) in [5, 5.41) is 11.2. The van der Waals surface area contributed by atoms with Gasteiger partial charge in [-0.2, -0.15) is 0 Å². The van der Waals surface area contributed by atoms with Crippen LogP contribution < -0.4 is 9.46 Å². The number of nitro groups is 1. The molecule has 0 saturated carbocycles. The van der Waals surface area contributed by atoms with Gasteiger partial charge in [-0.15, -0.1) is 0 Å². The molecular formula is C18H13ClFN3O5S. The quantitative estimate of drug-likeness (QED) is 0.440. The zero-order valence-electron chi connectivity index (χ0n) is 14.6. The number of nitrogens with zero attached hydrogens (tertiary/aromatic N) is 2. The molecule has 0 unspecified atom stereocenters. The molecule has 11 heteroatoms. The van der Waals surface area contributed by atoms with Crippen LogP contribution >= 0.6 is 11.6 Å². The molecule has 2 aromatic carbocycles. The highest BCUT2D eigenvalue weighted by Crippen LogP contribution is 2.27. The van der Waals surface area contributed by atoms with Crippen LogP contribution in [0.5, 0.6) is 11.6 Å². The molecule has 0 spiro atoms. The van der Waals surface area contributed by atoms with Gasteiger partial charge in [0.25, 0.3) is 5.69 Å². The summed E-state index contributed by atoms with van der Waals surface area (Å²) in [5.74, 6) is 0.00127. The van der Waals surface area contributed by atoms with Crippen LogP contribution in [0, 0.1) is 15.9 Å². The van der Waals surface area contributed by atoms with Gasteiger partial charge < -0.3 is 4.74 Å². The molecule has 0 aliphatic heterocycles. The van der Waals surface area contributed by atoms with Crippen LogP contribution in [0.25, 0.3) is 0 Å². The molecule has 0 radical (unpaired) electrons. The number of nitrogens with one attached hydrogen (secondary N) is 1. The van der Waals surface area contributed by atoms with E-state index in [1.54, 1.807) is 12.1 Å². The van der Waals surface area contributed by atoms with E-state index in [0.29, 0.717) is 5.56 Å². The molecule has 0 amide bonds. The molecule has 3 aromatic rings. The van der Waals surface area contributed by atoms with E-state index in [0.717, 1.165) is 12.1 Å². The fourth-order valence-corrected chi connectivity index (χ4v) is 3.68. The Labute approximate surface area is 170 Å². The van der Waals surface area contributed by atoms with Crippen LogP contribution in [-0.4, -0.2) is 18.3 Å². The summed E-state index contributed by atoms with van der Waals surface area (Å²) in [6, 6.07) is 11.9. The Balaban J connectivity index is 1.70. The fourth-order valence-electron chi connectivity index (χ4n) is 2.34. The maximum Gasteiger partial charge on any atom is 0.290 e. The molecule has 0 fully saturated rings. The van der Waals surface area contributed by atoms with Gasteiger partial charge in [0.2, 0.25) is 15.9 Å². The minimum atomic E-state index is -4.17. The summed E-state index contributed by atoms with van der Waals surface area (Å²) >= 11 is 5.70. The summed E-state index contributed by atoms with van der Waals surface area (Å²) < 4.78 is 45.7. The number of ether oxygens (including phenoxy) is 1. The minimum Gasteiger partial charge on any atom is -0.439 e. The average molecular weight is 438 g/mol. The van der Waals surface area contributed by atoms with Crippen LogP contribution in [0.4, 0.5) is 10.1 Å². The van der Waals surface area contributed by atoms with E-state index in [1.807, 2.05) is 0 Å². The number of sulfonamides is 1. The lowest BCUT2D eigenvalue weighted by atomic mass is 10.3. The van der Waals surface area contributed by atoms with Crippen molar-refractivity contribution >= 4 is 27.3 Å². The maximum absolute atomic E-state index is 13.2. The molecule has 0 aliphatic rings. The van der Waals surface area contributed by atoms with Gasteiger partial charge in [-0.25, -0.2) is 22.5 Å². The van der Waals surface area contributed by atoms with Gasteiger partial charge in [0, 0.05) is 36.0 Å². The Hall–Kier alpha value is -3.08. The Morgan fingerprint density at radius 2 is 1.97 bits per heavy atom. The third-order valence-electron chi connectivity index (χ3n) is 3.69. The van der Waals surface area contributed by atoms with Gasteiger partial charge in [0.1, 0.15) is 11.6 Å². The monoisotopic (exact) mass is 437 g/mol. The molecule has 0 bridgehead atoms. The van der Waals surface area contributed by atoms with E-state index >= 15 is 0 Å². The number of hydrogen-bond acceptors (Lipinski definition) is 6. The molecule has 3 rings (SSSR count). The first-order valence-corrected chi connectivity index (χ1v) is 9.93. The number of halogens is 2. The molecule has 0 atom stereocenters. The molecule has 1 N–H and O–H groups in total. The van der Waals surface area contributed by atoms with Gasteiger partial charge >= 0.3 is 0 Å². The van der Waals surface area contributed by atoms with E-state index < -0.39 is 31.3 Å². The largest absolute Gasteiger partial charge is 0.439 e. The second kappa shape index (κ2) is 8.52. The van der Waals surface area contributed by atoms with E-state index in [1.165, 1.54) is 36.5 Å². The summed E-state index contributed by atoms with van der Waals surface area (Å²) in [6.07, 6.45) is 1.37. The predicted octanol–water partition coefficient (Wildman–Crippen LogP) is 4.05. The van der Waals surface area contributed by atoms with Crippen molar-refractivity contribution in [2.24, 2.45) is 0 Å². The molecule has 29 heavy (non-hydrogen) atoms. The van der Waals surface area contributed by atoms with Crippen LogP contribution in [0.1, 0.15) is 5.56 Å². The van der Waals surface area contributed by atoms with Gasteiger partial charge in [-0.1, -0.05) is 23.7 Å². The normalized spacial score (nSPS) is 11.2. The molecule has 150 valence electrons. The number of rotatable bonds is 7. The molecule has 8 nitrogen and oxygen atoms in total. The Morgan fingerprint density at radius 1 is 1.17 bits per heavy atom. The molecule has 0 aliphatic carbocycles. The zero-order chi connectivity index (χ0) is 21.0. The first-order chi connectivity index (χ1) is 13.7. The number of pyridine rings is 1. The van der Waals surface area contributed by atoms with Crippen LogP contribution in [0.15, 0.2) is 65.7 Å². The predicted molar refractivity (Wildman–Crippen MR) is 103 cm³/mol. The van der Waals surface area contributed by atoms with Gasteiger partial charge in [-0.05, 0) is 29.8 Å². The third-order valence-corrected chi connectivity index (χ3v) is 5.37. The molecule has 1 heterocycles. The van der Waals surface area contributed by atoms with E-state index in [2.05, 4.69) is 9.71 Å². The van der Waals surface area contributed by atoms with E-state index in [9.17, 15) is 22.9 Å². The number of aromatic nitrogens is 1. The van der Waals surface area contributed by atoms with Crippen LogP contribution in [0.3, 0.4) is 0 Å². The van der Waals surface area contributed by atoms with Crippen LogP contribution in [0.2, 0.25) is 5.02 Å². The van der Waals surface area contributed by atoms with Crippen molar-refractivity contribution < 1.29 is 22.5 Å². The summed E-state index contributed by atoms with van der Waals surface area (Å²) in [5.41, 5.74) is -0.140. The average Bonchev–Trinajstić information content (AvgIpc) is 2.67. The first kappa shape index (κ1) is 20.6. The highest BCUT2D eigenvalue weighted by Gasteiger charge is 2.25. The second-order valence-electron chi connectivity index (χ2n) is 5.76. The van der Waals surface area contributed by atoms with Gasteiger partial charge in [0.05, 0.1) is 4.92 Å². The van der Waals surface area contributed by atoms with Crippen LogP contribution in [-0.2, 0) is 16.6 Å². The number of nitro benzene ring substituents is 1. The van der Waals surface area contributed by atoms with E-state index in [4.69, 9.17) is 16.3 Å². The Bertz CT molecular complexity index is 1160. The molecule has 0 saturated heterocycles. The topological polar surface area (TPSA) is 111 Å². The fraction of sp³-hybridized carbons (Fsp3) is 0.0556. The van der Waals surface area contributed by atoms with Crippen molar-refractivity contribution in [2.75, 3.05) is 0 Å².